The van der Waals surface area contributed by atoms with Crippen LogP contribution in [-0.2, 0) is 0 Å². The minimum atomic E-state index is 0.0836. The summed E-state index contributed by atoms with van der Waals surface area (Å²) in [5, 5.41) is 4.98. The van der Waals surface area contributed by atoms with Crippen molar-refractivity contribution >= 4 is 27.0 Å². The SMILES string of the molecule is C=CC(C)n1c(-c2cn(-c3ccccc3)nc2-c2ccc(Br)cc2)nc2ccccc21. The van der Waals surface area contributed by atoms with Gasteiger partial charge in [-0.2, -0.15) is 5.10 Å². The van der Waals surface area contributed by atoms with Gasteiger partial charge in [-0.05, 0) is 43.3 Å². The van der Waals surface area contributed by atoms with Gasteiger partial charge in [0, 0.05) is 16.2 Å². The summed E-state index contributed by atoms with van der Waals surface area (Å²) in [5.41, 5.74) is 5.96. The molecule has 0 aliphatic heterocycles. The van der Waals surface area contributed by atoms with E-state index in [1.165, 1.54) is 0 Å². The molecule has 0 aliphatic carbocycles. The number of para-hydroxylation sites is 3. The molecule has 0 bridgehead atoms. The molecule has 5 aromatic rings. The van der Waals surface area contributed by atoms with E-state index < -0.39 is 0 Å². The lowest BCUT2D eigenvalue weighted by atomic mass is 10.1. The summed E-state index contributed by atoms with van der Waals surface area (Å²) in [7, 11) is 0. The summed E-state index contributed by atoms with van der Waals surface area (Å²) >= 11 is 3.53. The van der Waals surface area contributed by atoms with Crippen LogP contribution in [-0.4, -0.2) is 19.3 Å². The molecule has 2 aromatic heterocycles. The fourth-order valence-electron chi connectivity index (χ4n) is 3.82. The zero-order valence-electron chi connectivity index (χ0n) is 17.1. The molecule has 0 N–H and O–H groups in total. The third kappa shape index (κ3) is 3.51. The molecular weight excluding hydrogens is 448 g/mol. The number of allylic oxidation sites excluding steroid dienone is 1. The first-order chi connectivity index (χ1) is 15.2. The molecule has 4 nitrogen and oxygen atoms in total. The van der Waals surface area contributed by atoms with Gasteiger partial charge < -0.3 is 4.57 Å². The van der Waals surface area contributed by atoms with Crippen LogP contribution in [0.5, 0.6) is 0 Å². The van der Waals surface area contributed by atoms with Gasteiger partial charge in [-0.3, -0.25) is 0 Å². The summed E-state index contributed by atoms with van der Waals surface area (Å²) < 4.78 is 5.19. The first-order valence-electron chi connectivity index (χ1n) is 10.2. The molecule has 31 heavy (non-hydrogen) atoms. The van der Waals surface area contributed by atoms with Crippen molar-refractivity contribution in [1.29, 1.82) is 0 Å². The molecule has 0 saturated heterocycles. The van der Waals surface area contributed by atoms with Crippen molar-refractivity contribution in [3.8, 4) is 28.3 Å². The summed E-state index contributed by atoms with van der Waals surface area (Å²) in [5.74, 6) is 0.883. The molecule has 0 saturated carbocycles. The second-order valence-electron chi connectivity index (χ2n) is 7.45. The first-order valence-corrected chi connectivity index (χ1v) is 11.0. The number of benzene rings is 3. The maximum absolute atomic E-state index is 5.02. The molecule has 0 spiro atoms. The highest BCUT2D eigenvalue weighted by Gasteiger charge is 2.22. The van der Waals surface area contributed by atoms with Crippen LogP contribution in [0.25, 0.3) is 39.4 Å². The second kappa shape index (κ2) is 8.00. The minimum absolute atomic E-state index is 0.0836. The third-order valence-electron chi connectivity index (χ3n) is 5.44. The predicted molar refractivity (Wildman–Crippen MR) is 130 cm³/mol. The van der Waals surface area contributed by atoms with Gasteiger partial charge in [0.05, 0.1) is 28.3 Å². The molecule has 2 heterocycles. The van der Waals surface area contributed by atoms with Gasteiger partial charge in [0.2, 0.25) is 0 Å². The number of imidazole rings is 1. The van der Waals surface area contributed by atoms with Crippen LogP contribution in [0, 0.1) is 0 Å². The van der Waals surface area contributed by atoms with Crippen molar-refractivity contribution in [2.45, 2.75) is 13.0 Å². The van der Waals surface area contributed by atoms with Crippen molar-refractivity contribution in [2.24, 2.45) is 0 Å². The number of halogens is 1. The monoisotopic (exact) mass is 468 g/mol. The Balaban J connectivity index is 1.80. The van der Waals surface area contributed by atoms with Gasteiger partial charge in [-0.25, -0.2) is 9.67 Å². The Hall–Kier alpha value is -3.44. The number of nitrogens with zero attached hydrogens (tertiary/aromatic N) is 4. The Labute approximate surface area is 189 Å². The lowest BCUT2D eigenvalue weighted by Gasteiger charge is -2.14. The molecule has 0 fully saturated rings. The van der Waals surface area contributed by atoms with Crippen molar-refractivity contribution in [3.63, 3.8) is 0 Å². The number of rotatable bonds is 5. The van der Waals surface area contributed by atoms with Crippen molar-refractivity contribution in [3.05, 3.63) is 102 Å². The van der Waals surface area contributed by atoms with Gasteiger partial charge in [-0.15, -0.1) is 6.58 Å². The lowest BCUT2D eigenvalue weighted by molar-refractivity contribution is 0.690. The van der Waals surface area contributed by atoms with E-state index in [1.54, 1.807) is 0 Å². The summed E-state index contributed by atoms with van der Waals surface area (Å²) in [6, 6.07) is 26.7. The van der Waals surface area contributed by atoms with Crippen LogP contribution in [0.4, 0.5) is 0 Å². The van der Waals surface area contributed by atoms with E-state index in [0.717, 1.165) is 43.8 Å². The molecule has 3 aromatic carbocycles. The quantitative estimate of drug-likeness (QED) is 0.258. The van der Waals surface area contributed by atoms with E-state index in [9.17, 15) is 0 Å². The third-order valence-corrected chi connectivity index (χ3v) is 5.97. The molecule has 1 atom stereocenters. The molecule has 0 radical (unpaired) electrons. The molecule has 1 unspecified atom stereocenters. The van der Waals surface area contributed by atoms with Gasteiger partial charge in [0.25, 0.3) is 0 Å². The largest absolute Gasteiger partial charge is 0.317 e. The zero-order valence-corrected chi connectivity index (χ0v) is 18.7. The number of hydrogen-bond acceptors (Lipinski definition) is 2. The molecule has 0 amide bonds. The average molecular weight is 469 g/mol. The number of fused-ring (bicyclic) bond motifs is 1. The second-order valence-corrected chi connectivity index (χ2v) is 8.36. The van der Waals surface area contributed by atoms with Crippen LogP contribution in [0.3, 0.4) is 0 Å². The highest BCUT2D eigenvalue weighted by Crippen LogP contribution is 2.36. The van der Waals surface area contributed by atoms with Crippen LogP contribution < -0.4 is 0 Å². The summed E-state index contributed by atoms with van der Waals surface area (Å²) in [6.45, 7) is 6.16. The fraction of sp³-hybridized carbons (Fsp3) is 0.0769. The standard InChI is InChI=1S/C26H21BrN4/c1-3-18(2)31-24-12-8-7-11-23(24)28-26(31)22-17-30(21-9-5-4-6-10-21)29-25(22)19-13-15-20(27)16-14-19/h3-18H,1H2,2H3. The predicted octanol–water partition coefficient (Wildman–Crippen LogP) is 7.07. The molecule has 5 rings (SSSR count). The average Bonchev–Trinajstić information content (AvgIpc) is 3.42. The number of aromatic nitrogens is 4. The van der Waals surface area contributed by atoms with Crippen molar-refractivity contribution in [1.82, 2.24) is 19.3 Å². The highest BCUT2D eigenvalue weighted by atomic mass is 79.9. The topological polar surface area (TPSA) is 35.6 Å². The molecule has 152 valence electrons. The maximum atomic E-state index is 5.02. The van der Waals surface area contributed by atoms with Crippen LogP contribution in [0.1, 0.15) is 13.0 Å². The Morgan fingerprint density at radius 3 is 2.39 bits per heavy atom. The smallest absolute Gasteiger partial charge is 0.145 e. The normalized spacial score (nSPS) is 12.2. The first kappa shape index (κ1) is 19.5. The Kier molecular flexibility index (Phi) is 5.04. The summed E-state index contributed by atoms with van der Waals surface area (Å²) in [6.07, 6.45) is 4.01. The van der Waals surface area contributed by atoms with Gasteiger partial charge >= 0.3 is 0 Å². The van der Waals surface area contributed by atoms with Crippen molar-refractivity contribution < 1.29 is 0 Å². The van der Waals surface area contributed by atoms with E-state index >= 15 is 0 Å². The van der Waals surface area contributed by atoms with Crippen LogP contribution in [0.15, 0.2) is 102 Å². The molecular formula is C26H21BrN4. The van der Waals surface area contributed by atoms with Gasteiger partial charge in [-0.1, -0.05) is 64.5 Å². The Morgan fingerprint density at radius 2 is 1.65 bits per heavy atom. The zero-order chi connectivity index (χ0) is 21.4. The van der Waals surface area contributed by atoms with E-state index in [2.05, 4.69) is 70.5 Å². The Bertz CT molecular complexity index is 1360. The molecule has 0 aliphatic rings. The maximum Gasteiger partial charge on any atom is 0.145 e. The minimum Gasteiger partial charge on any atom is -0.317 e. The van der Waals surface area contributed by atoms with Crippen LogP contribution in [0.2, 0.25) is 0 Å². The highest BCUT2D eigenvalue weighted by molar-refractivity contribution is 9.10. The fourth-order valence-corrected chi connectivity index (χ4v) is 4.09. The molecule has 5 heteroatoms. The van der Waals surface area contributed by atoms with Crippen LogP contribution >= 0.6 is 15.9 Å². The van der Waals surface area contributed by atoms with Gasteiger partial charge in [0.15, 0.2) is 0 Å². The van der Waals surface area contributed by atoms with E-state index in [4.69, 9.17) is 10.1 Å². The van der Waals surface area contributed by atoms with E-state index in [-0.39, 0.29) is 6.04 Å². The van der Waals surface area contributed by atoms with Gasteiger partial charge in [0.1, 0.15) is 11.5 Å². The van der Waals surface area contributed by atoms with E-state index in [0.29, 0.717) is 0 Å². The van der Waals surface area contributed by atoms with Crippen molar-refractivity contribution in [2.75, 3.05) is 0 Å². The van der Waals surface area contributed by atoms with E-state index in [1.807, 2.05) is 59.3 Å². The number of hydrogen-bond donors (Lipinski definition) is 0. The Morgan fingerprint density at radius 1 is 0.935 bits per heavy atom. The lowest BCUT2D eigenvalue weighted by Crippen LogP contribution is -2.04. The summed E-state index contributed by atoms with van der Waals surface area (Å²) in [4.78, 5) is 5.02.